The Bertz CT molecular complexity index is 745. The molecule has 2 aromatic heterocycles. The molecule has 0 aliphatic carbocycles. The second-order valence-corrected chi connectivity index (χ2v) is 5.27. The standard InChI is InChI=1S/C16H19N5/c1-11-8-19-13(9-17-11)10-18-12(2)16-20-14-6-4-5-7-15(14)21(16)3/h4-9,12,18H,10H2,1-3H3. The number of aromatic nitrogens is 4. The molecule has 1 N–H and O–H groups in total. The molecule has 3 aromatic rings. The van der Waals surface area contributed by atoms with Gasteiger partial charge in [-0.25, -0.2) is 4.98 Å². The number of benzene rings is 1. The number of nitrogens with zero attached hydrogens (tertiary/aromatic N) is 4. The Morgan fingerprint density at radius 1 is 1.19 bits per heavy atom. The van der Waals surface area contributed by atoms with E-state index in [0.29, 0.717) is 6.54 Å². The van der Waals surface area contributed by atoms with Crippen molar-refractivity contribution in [3.05, 3.63) is 53.9 Å². The first kappa shape index (κ1) is 13.7. The van der Waals surface area contributed by atoms with Gasteiger partial charge in [0.2, 0.25) is 0 Å². The summed E-state index contributed by atoms with van der Waals surface area (Å²) in [5.74, 6) is 1.02. The predicted octanol–water partition coefficient (Wildman–Crippen LogP) is 2.52. The van der Waals surface area contributed by atoms with Gasteiger partial charge in [-0.2, -0.15) is 0 Å². The van der Waals surface area contributed by atoms with Crippen molar-refractivity contribution in [3.63, 3.8) is 0 Å². The number of nitrogens with one attached hydrogen (secondary N) is 1. The summed E-state index contributed by atoms with van der Waals surface area (Å²) in [5, 5.41) is 3.45. The Kier molecular flexibility index (Phi) is 3.66. The van der Waals surface area contributed by atoms with Gasteiger partial charge in [-0.1, -0.05) is 12.1 Å². The zero-order chi connectivity index (χ0) is 14.8. The van der Waals surface area contributed by atoms with Gasteiger partial charge >= 0.3 is 0 Å². The van der Waals surface area contributed by atoms with Crippen LogP contribution < -0.4 is 5.32 Å². The van der Waals surface area contributed by atoms with E-state index in [1.165, 1.54) is 0 Å². The molecule has 0 radical (unpaired) electrons. The Labute approximate surface area is 124 Å². The second-order valence-electron chi connectivity index (χ2n) is 5.27. The normalized spacial score (nSPS) is 12.7. The molecule has 0 spiro atoms. The molecular formula is C16H19N5. The summed E-state index contributed by atoms with van der Waals surface area (Å²) >= 11 is 0. The zero-order valence-electron chi connectivity index (χ0n) is 12.5. The number of rotatable bonds is 4. The summed E-state index contributed by atoms with van der Waals surface area (Å²) in [5.41, 5.74) is 4.04. The van der Waals surface area contributed by atoms with Crippen LogP contribution in [0.25, 0.3) is 11.0 Å². The van der Waals surface area contributed by atoms with Crippen LogP contribution in [-0.4, -0.2) is 19.5 Å². The molecule has 5 nitrogen and oxygen atoms in total. The lowest BCUT2D eigenvalue weighted by atomic mass is 10.3. The van der Waals surface area contributed by atoms with Crippen LogP contribution in [0.4, 0.5) is 0 Å². The van der Waals surface area contributed by atoms with Crippen molar-refractivity contribution < 1.29 is 0 Å². The van der Waals surface area contributed by atoms with Crippen LogP contribution in [0, 0.1) is 6.92 Å². The number of fused-ring (bicyclic) bond motifs is 1. The Balaban J connectivity index is 1.76. The van der Waals surface area contributed by atoms with Crippen LogP contribution in [0.3, 0.4) is 0 Å². The van der Waals surface area contributed by atoms with Gasteiger partial charge in [0.05, 0.1) is 28.5 Å². The molecule has 2 heterocycles. The lowest BCUT2D eigenvalue weighted by Crippen LogP contribution is -2.21. The average Bonchev–Trinajstić information content (AvgIpc) is 2.84. The van der Waals surface area contributed by atoms with E-state index >= 15 is 0 Å². The highest BCUT2D eigenvalue weighted by Gasteiger charge is 2.13. The zero-order valence-corrected chi connectivity index (χ0v) is 12.5. The number of hydrogen-bond donors (Lipinski definition) is 1. The first-order valence-electron chi connectivity index (χ1n) is 7.07. The minimum atomic E-state index is 0.144. The molecule has 0 amide bonds. The quantitative estimate of drug-likeness (QED) is 0.798. The Hall–Kier alpha value is -2.27. The first-order valence-corrected chi connectivity index (χ1v) is 7.07. The summed E-state index contributed by atoms with van der Waals surface area (Å²) < 4.78 is 2.13. The van der Waals surface area contributed by atoms with Gasteiger partial charge in [-0.05, 0) is 26.0 Å². The van der Waals surface area contributed by atoms with E-state index in [0.717, 1.165) is 28.2 Å². The Morgan fingerprint density at radius 2 is 2.00 bits per heavy atom. The minimum Gasteiger partial charge on any atom is -0.330 e. The number of para-hydroxylation sites is 2. The van der Waals surface area contributed by atoms with E-state index in [4.69, 9.17) is 4.98 Å². The molecule has 5 heteroatoms. The molecule has 21 heavy (non-hydrogen) atoms. The first-order chi connectivity index (χ1) is 10.1. The van der Waals surface area contributed by atoms with Crippen LogP contribution in [0.2, 0.25) is 0 Å². The van der Waals surface area contributed by atoms with E-state index in [2.05, 4.69) is 39.9 Å². The predicted molar refractivity (Wildman–Crippen MR) is 82.7 cm³/mol. The smallest absolute Gasteiger partial charge is 0.126 e. The van der Waals surface area contributed by atoms with Gasteiger partial charge in [0.25, 0.3) is 0 Å². The maximum absolute atomic E-state index is 4.70. The monoisotopic (exact) mass is 281 g/mol. The highest BCUT2D eigenvalue weighted by atomic mass is 15.1. The topological polar surface area (TPSA) is 55.6 Å². The second kappa shape index (κ2) is 5.61. The third kappa shape index (κ3) is 2.78. The fourth-order valence-corrected chi connectivity index (χ4v) is 2.41. The summed E-state index contributed by atoms with van der Waals surface area (Å²) in [4.78, 5) is 13.3. The molecule has 0 aliphatic rings. The lowest BCUT2D eigenvalue weighted by molar-refractivity contribution is 0.527. The Morgan fingerprint density at radius 3 is 2.71 bits per heavy atom. The maximum atomic E-state index is 4.70. The van der Waals surface area contributed by atoms with Crippen LogP contribution >= 0.6 is 0 Å². The van der Waals surface area contributed by atoms with Crippen molar-refractivity contribution in [1.29, 1.82) is 0 Å². The highest BCUT2D eigenvalue weighted by molar-refractivity contribution is 5.75. The summed E-state index contributed by atoms with van der Waals surface area (Å²) in [7, 11) is 2.05. The molecule has 1 atom stereocenters. The van der Waals surface area contributed by atoms with Gasteiger partial charge in [-0.15, -0.1) is 0 Å². The van der Waals surface area contributed by atoms with Gasteiger partial charge in [-0.3, -0.25) is 9.97 Å². The van der Waals surface area contributed by atoms with E-state index in [9.17, 15) is 0 Å². The van der Waals surface area contributed by atoms with Gasteiger partial charge < -0.3 is 9.88 Å². The van der Waals surface area contributed by atoms with E-state index in [1.807, 2.05) is 31.3 Å². The maximum Gasteiger partial charge on any atom is 0.126 e. The molecule has 0 aliphatic heterocycles. The van der Waals surface area contributed by atoms with Crippen molar-refractivity contribution in [3.8, 4) is 0 Å². The largest absolute Gasteiger partial charge is 0.330 e. The van der Waals surface area contributed by atoms with Crippen LogP contribution in [0.1, 0.15) is 30.2 Å². The molecule has 0 saturated heterocycles. The fraction of sp³-hybridized carbons (Fsp3) is 0.312. The summed E-state index contributed by atoms with van der Waals surface area (Å²) in [6.07, 6.45) is 3.60. The third-order valence-corrected chi connectivity index (χ3v) is 3.63. The fourth-order valence-electron chi connectivity index (χ4n) is 2.41. The molecular weight excluding hydrogens is 262 g/mol. The van der Waals surface area contributed by atoms with Crippen LogP contribution in [-0.2, 0) is 13.6 Å². The molecule has 0 fully saturated rings. The third-order valence-electron chi connectivity index (χ3n) is 3.63. The molecule has 0 bridgehead atoms. The van der Waals surface area contributed by atoms with Gasteiger partial charge in [0, 0.05) is 26.0 Å². The van der Waals surface area contributed by atoms with E-state index in [-0.39, 0.29) is 6.04 Å². The van der Waals surface area contributed by atoms with E-state index < -0.39 is 0 Å². The van der Waals surface area contributed by atoms with Crippen molar-refractivity contribution >= 4 is 11.0 Å². The van der Waals surface area contributed by atoms with Crippen molar-refractivity contribution in [2.24, 2.45) is 7.05 Å². The van der Waals surface area contributed by atoms with Gasteiger partial charge in [0.1, 0.15) is 5.82 Å². The summed E-state index contributed by atoms with van der Waals surface area (Å²) in [6, 6.07) is 8.32. The summed E-state index contributed by atoms with van der Waals surface area (Å²) in [6.45, 7) is 4.73. The molecule has 0 saturated carbocycles. The van der Waals surface area contributed by atoms with Crippen LogP contribution in [0.15, 0.2) is 36.7 Å². The molecule has 1 aromatic carbocycles. The van der Waals surface area contributed by atoms with Crippen molar-refractivity contribution in [2.45, 2.75) is 26.4 Å². The molecule has 1 unspecified atom stereocenters. The van der Waals surface area contributed by atoms with E-state index in [1.54, 1.807) is 6.20 Å². The molecule has 3 rings (SSSR count). The van der Waals surface area contributed by atoms with Crippen LogP contribution in [0.5, 0.6) is 0 Å². The van der Waals surface area contributed by atoms with Crippen molar-refractivity contribution in [1.82, 2.24) is 24.8 Å². The lowest BCUT2D eigenvalue weighted by Gasteiger charge is -2.13. The number of aryl methyl sites for hydroxylation is 2. The van der Waals surface area contributed by atoms with Gasteiger partial charge in [0.15, 0.2) is 0 Å². The average molecular weight is 281 g/mol. The number of imidazole rings is 1. The van der Waals surface area contributed by atoms with Crippen molar-refractivity contribution in [2.75, 3.05) is 0 Å². The number of hydrogen-bond acceptors (Lipinski definition) is 4. The molecule has 108 valence electrons. The SMILES string of the molecule is Cc1cnc(CNC(C)c2nc3ccccc3n2C)cn1. The highest BCUT2D eigenvalue weighted by Crippen LogP contribution is 2.19. The minimum absolute atomic E-state index is 0.144.